The Hall–Kier alpha value is -2.18. The third-order valence-corrected chi connectivity index (χ3v) is 2.18. The molecule has 16 heavy (non-hydrogen) atoms. The lowest BCUT2D eigenvalue weighted by molar-refractivity contribution is -0.142. The van der Waals surface area contributed by atoms with Crippen LogP contribution in [-0.4, -0.2) is 21.3 Å². The second kappa shape index (κ2) is 3.76. The average molecular weight is 222 g/mol. The Kier molecular flexibility index (Phi) is 2.43. The fraction of sp³-hybridized carbons (Fsp3) is 0.333. The van der Waals surface area contributed by atoms with E-state index in [1.807, 2.05) is 0 Å². The Morgan fingerprint density at radius 3 is 2.94 bits per heavy atom. The smallest absolute Gasteiger partial charge is 0.302 e. The van der Waals surface area contributed by atoms with E-state index in [0.717, 1.165) is 0 Å². The molecule has 0 spiro atoms. The molecule has 0 amide bonds. The Bertz CT molecular complexity index is 549. The molecule has 0 aromatic carbocycles. The van der Waals surface area contributed by atoms with Gasteiger partial charge < -0.3 is 10.5 Å². The predicted molar refractivity (Wildman–Crippen MR) is 54.2 cm³/mol. The number of hydrogen-bond acceptors (Lipinski definition) is 7. The third-order valence-electron chi connectivity index (χ3n) is 2.18. The molecule has 2 rings (SSSR count). The maximum atomic E-state index is 10.7. The van der Waals surface area contributed by atoms with Crippen LogP contribution in [0.15, 0.2) is 4.63 Å². The fourth-order valence-corrected chi connectivity index (χ4v) is 1.35. The summed E-state index contributed by atoms with van der Waals surface area (Å²) in [6, 6.07) is 0. The van der Waals surface area contributed by atoms with E-state index in [4.69, 9.17) is 10.5 Å². The summed E-state index contributed by atoms with van der Waals surface area (Å²) in [6.45, 7) is 3.15. The number of anilines is 1. The van der Waals surface area contributed by atoms with Crippen molar-refractivity contribution >= 4 is 22.8 Å². The molecule has 0 aliphatic carbocycles. The number of rotatable bonds is 2. The van der Waals surface area contributed by atoms with Crippen LogP contribution in [0.25, 0.3) is 11.2 Å². The Labute approximate surface area is 90.5 Å². The number of ether oxygens (including phenoxy) is 1. The molecule has 0 bridgehead atoms. The molecular formula is C9H10N4O3. The number of pyridine rings is 1. The van der Waals surface area contributed by atoms with Crippen molar-refractivity contribution in [2.75, 3.05) is 5.73 Å². The van der Waals surface area contributed by atoms with E-state index in [1.54, 1.807) is 6.92 Å². The lowest BCUT2D eigenvalue weighted by atomic mass is 10.1. The number of aromatic nitrogens is 3. The van der Waals surface area contributed by atoms with E-state index >= 15 is 0 Å². The first kappa shape index (κ1) is 10.3. The molecular weight excluding hydrogens is 212 g/mol. The molecule has 2 N–H and O–H groups in total. The zero-order valence-corrected chi connectivity index (χ0v) is 8.85. The number of nitrogens with two attached hydrogens (primary N) is 1. The van der Waals surface area contributed by atoms with Gasteiger partial charge in [0.2, 0.25) is 5.65 Å². The molecule has 0 atom stereocenters. The van der Waals surface area contributed by atoms with Gasteiger partial charge in [0.1, 0.15) is 6.61 Å². The SMILES string of the molecule is CC(=O)OCc1c(C)nc2nonc2c1N. The Morgan fingerprint density at radius 1 is 1.50 bits per heavy atom. The molecule has 7 heteroatoms. The monoisotopic (exact) mass is 222 g/mol. The van der Waals surface area contributed by atoms with Gasteiger partial charge in [-0.3, -0.25) is 4.79 Å². The molecule has 0 aliphatic rings. The summed E-state index contributed by atoms with van der Waals surface area (Å²) in [5.41, 5.74) is 8.23. The first-order chi connectivity index (χ1) is 7.59. The van der Waals surface area contributed by atoms with Gasteiger partial charge in [0, 0.05) is 18.2 Å². The minimum absolute atomic E-state index is 0.0722. The molecule has 84 valence electrons. The second-order valence-corrected chi connectivity index (χ2v) is 3.31. The summed E-state index contributed by atoms with van der Waals surface area (Å²) in [7, 11) is 0. The van der Waals surface area contributed by atoms with Crippen LogP contribution in [0.4, 0.5) is 5.69 Å². The molecule has 2 aromatic rings. The van der Waals surface area contributed by atoms with E-state index in [9.17, 15) is 4.79 Å². The standard InChI is InChI=1S/C9H10N4O3/c1-4-6(3-15-5(2)14)7(10)8-9(11-4)13-16-12-8/h3,10H2,1-2H3. The highest BCUT2D eigenvalue weighted by atomic mass is 16.6. The summed E-state index contributed by atoms with van der Waals surface area (Å²) >= 11 is 0. The molecule has 0 unspecified atom stereocenters. The van der Waals surface area contributed by atoms with Crippen molar-refractivity contribution in [3.8, 4) is 0 Å². The third kappa shape index (κ3) is 1.67. The van der Waals surface area contributed by atoms with E-state index < -0.39 is 0 Å². The maximum absolute atomic E-state index is 10.7. The molecule has 2 heterocycles. The largest absolute Gasteiger partial charge is 0.461 e. The summed E-state index contributed by atoms with van der Waals surface area (Å²) < 4.78 is 9.41. The number of fused-ring (bicyclic) bond motifs is 1. The zero-order chi connectivity index (χ0) is 11.7. The van der Waals surface area contributed by atoms with Crippen LogP contribution in [-0.2, 0) is 16.1 Å². The van der Waals surface area contributed by atoms with Crippen LogP contribution in [0.1, 0.15) is 18.2 Å². The van der Waals surface area contributed by atoms with Crippen LogP contribution in [0, 0.1) is 6.92 Å². The number of carbonyl (C=O) groups is 1. The van der Waals surface area contributed by atoms with Crippen molar-refractivity contribution in [2.24, 2.45) is 0 Å². The van der Waals surface area contributed by atoms with Gasteiger partial charge in [-0.25, -0.2) is 9.61 Å². The van der Waals surface area contributed by atoms with Gasteiger partial charge >= 0.3 is 5.97 Å². The van der Waals surface area contributed by atoms with Gasteiger partial charge in [-0.05, 0) is 17.2 Å². The minimum atomic E-state index is -0.378. The molecule has 0 saturated carbocycles. The average Bonchev–Trinajstić information content (AvgIpc) is 2.64. The molecule has 7 nitrogen and oxygen atoms in total. The molecule has 0 fully saturated rings. The van der Waals surface area contributed by atoms with Crippen molar-refractivity contribution in [1.29, 1.82) is 0 Å². The lowest BCUT2D eigenvalue weighted by Gasteiger charge is -2.07. The van der Waals surface area contributed by atoms with Gasteiger partial charge in [-0.1, -0.05) is 0 Å². The van der Waals surface area contributed by atoms with Gasteiger partial charge in [0.15, 0.2) is 5.52 Å². The number of nitrogens with zero attached hydrogens (tertiary/aromatic N) is 3. The van der Waals surface area contributed by atoms with Gasteiger partial charge in [0.25, 0.3) is 0 Å². The van der Waals surface area contributed by atoms with Crippen LogP contribution >= 0.6 is 0 Å². The Balaban J connectivity index is 2.46. The van der Waals surface area contributed by atoms with Crippen LogP contribution in [0.3, 0.4) is 0 Å². The highest BCUT2D eigenvalue weighted by molar-refractivity contribution is 5.85. The van der Waals surface area contributed by atoms with Crippen molar-refractivity contribution in [2.45, 2.75) is 20.5 Å². The van der Waals surface area contributed by atoms with Gasteiger partial charge in [-0.2, -0.15) is 0 Å². The first-order valence-corrected chi connectivity index (χ1v) is 4.60. The van der Waals surface area contributed by atoms with Crippen LogP contribution in [0.2, 0.25) is 0 Å². The quantitative estimate of drug-likeness (QED) is 0.740. The van der Waals surface area contributed by atoms with Crippen molar-refractivity contribution in [3.63, 3.8) is 0 Å². The fourth-order valence-electron chi connectivity index (χ4n) is 1.35. The summed E-state index contributed by atoms with van der Waals surface area (Å²) in [6.07, 6.45) is 0. The lowest BCUT2D eigenvalue weighted by Crippen LogP contribution is -2.06. The zero-order valence-electron chi connectivity index (χ0n) is 8.85. The van der Waals surface area contributed by atoms with E-state index in [0.29, 0.717) is 28.1 Å². The van der Waals surface area contributed by atoms with E-state index in [-0.39, 0.29) is 12.6 Å². The van der Waals surface area contributed by atoms with Crippen LogP contribution < -0.4 is 5.73 Å². The number of hydrogen-bond donors (Lipinski definition) is 1. The second-order valence-electron chi connectivity index (χ2n) is 3.31. The maximum Gasteiger partial charge on any atom is 0.302 e. The van der Waals surface area contributed by atoms with Crippen molar-refractivity contribution in [3.05, 3.63) is 11.3 Å². The predicted octanol–water partition coefficient (Wildman–Crippen LogP) is 0.572. The summed E-state index contributed by atoms with van der Waals surface area (Å²) in [5, 5.41) is 7.22. The van der Waals surface area contributed by atoms with E-state index in [1.165, 1.54) is 6.92 Å². The topological polar surface area (TPSA) is 104 Å². The summed E-state index contributed by atoms with van der Waals surface area (Å²) in [4.78, 5) is 14.9. The molecule has 2 aromatic heterocycles. The highest BCUT2D eigenvalue weighted by Gasteiger charge is 2.14. The van der Waals surface area contributed by atoms with Crippen molar-refractivity contribution in [1.82, 2.24) is 15.3 Å². The van der Waals surface area contributed by atoms with Gasteiger partial charge in [-0.15, -0.1) is 0 Å². The molecule has 0 saturated heterocycles. The van der Waals surface area contributed by atoms with Crippen molar-refractivity contribution < 1.29 is 14.2 Å². The number of aryl methyl sites for hydroxylation is 1. The first-order valence-electron chi connectivity index (χ1n) is 4.60. The highest BCUT2D eigenvalue weighted by Crippen LogP contribution is 2.23. The summed E-state index contributed by atoms with van der Waals surface area (Å²) in [5.74, 6) is -0.378. The molecule has 0 radical (unpaired) electrons. The number of carbonyl (C=O) groups excluding carboxylic acids is 1. The number of esters is 1. The minimum Gasteiger partial charge on any atom is -0.461 e. The van der Waals surface area contributed by atoms with Gasteiger partial charge in [0.05, 0.1) is 5.69 Å². The number of nitrogen functional groups attached to an aromatic ring is 1. The van der Waals surface area contributed by atoms with Crippen LogP contribution in [0.5, 0.6) is 0 Å². The molecule has 0 aliphatic heterocycles. The Morgan fingerprint density at radius 2 is 2.25 bits per heavy atom. The van der Waals surface area contributed by atoms with E-state index in [2.05, 4.69) is 19.9 Å². The normalized spacial score (nSPS) is 10.6.